The lowest BCUT2D eigenvalue weighted by Crippen LogP contribution is -2.67. The molecule has 53 heavy (non-hydrogen) atoms. The van der Waals surface area contributed by atoms with E-state index in [2.05, 4.69) is 15.6 Å². The van der Waals surface area contributed by atoms with Crippen LogP contribution in [-0.2, 0) is 40.5 Å². The van der Waals surface area contributed by atoms with Crippen LogP contribution in [0.5, 0.6) is 11.5 Å². The molecule has 0 saturated heterocycles. The Morgan fingerprint density at radius 1 is 1.13 bits per heavy atom. The molecule has 1 heterocycles. The number of benzene rings is 1. The number of likely N-dealkylation sites (N-methyl/N-ethyl adjacent to an activating group) is 2. The van der Waals surface area contributed by atoms with E-state index in [9.17, 15) is 29.1 Å². The minimum absolute atomic E-state index is 0.000176. The second kappa shape index (κ2) is 15.9. The molecule has 1 spiro atoms. The Balaban J connectivity index is 1.36. The van der Waals surface area contributed by atoms with Gasteiger partial charge in [0.2, 0.25) is 17.7 Å². The van der Waals surface area contributed by atoms with Crippen LogP contribution in [0.3, 0.4) is 0 Å². The summed E-state index contributed by atoms with van der Waals surface area (Å²) in [6, 6.07) is 1.45. The maximum Gasteiger partial charge on any atom is 0.414 e. The van der Waals surface area contributed by atoms with Crippen LogP contribution in [-0.4, -0.2) is 122 Å². The van der Waals surface area contributed by atoms with Crippen molar-refractivity contribution in [2.45, 2.75) is 88.0 Å². The molecule has 0 aromatic heterocycles. The number of esters is 1. The maximum absolute atomic E-state index is 13.8. The maximum atomic E-state index is 13.8. The van der Waals surface area contributed by atoms with Gasteiger partial charge in [0.15, 0.2) is 23.6 Å². The van der Waals surface area contributed by atoms with Crippen molar-refractivity contribution in [3.63, 3.8) is 0 Å². The topological polar surface area (TPSA) is 237 Å². The van der Waals surface area contributed by atoms with E-state index in [1.54, 1.807) is 20.1 Å². The smallest absolute Gasteiger partial charge is 0.414 e. The number of nitrogens with two attached hydrogens (primary N) is 2. The number of hydrogen-bond acceptors (Lipinski definition) is 11. The van der Waals surface area contributed by atoms with Crippen LogP contribution < -0.4 is 31.6 Å². The molecule has 6 atom stereocenters. The molecule has 17 nitrogen and oxygen atoms in total. The van der Waals surface area contributed by atoms with Crippen LogP contribution in [0.2, 0.25) is 0 Å². The third kappa shape index (κ3) is 7.57. The molecule has 5 rings (SSSR count). The Hall–Kier alpha value is -5.06. The molecule has 3 aliphatic carbocycles. The van der Waals surface area contributed by atoms with E-state index in [1.807, 2.05) is 12.1 Å². The Morgan fingerprint density at radius 3 is 2.57 bits per heavy atom. The minimum Gasteiger partial charge on any atom is -0.493 e. The summed E-state index contributed by atoms with van der Waals surface area (Å²) >= 11 is 0. The van der Waals surface area contributed by atoms with Gasteiger partial charge in [0.1, 0.15) is 24.4 Å². The molecule has 7 N–H and O–H groups in total. The summed E-state index contributed by atoms with van der Waals surface area (Å²) in [5.74, 6) is -1.36. The van der Waals surface area contributed by atoms with Crippen LogP contribution in [0, 0.1) is 5.92 Å². The predicted octanol–water partition coefficient (Wildman–Crippen LogP) is 0.202. The molecular formula is C36H51N7O10. The number of amides is 4. The molecule has 1 aromatic carbocycles. The van der Waals surface area contributed by atoms with Crippen molar-refractivity contribution in [1.29, 1.82) is 0 Å². The number of carbonyl (C=O) groups is 5. The van der Waals surface area contributed by atoms with Crippen LogP contribution in [0.4, 0.5) is 4.79 Å². The summed E-state index contributed by atoms with van der Waals surface area (Å²) in [4.78, 5) is 71.4. The lowest BCUT2D eigenvalue weighted by Gasteiger charge is -2.59. The molecule has 1 saturated carbocycles. The largest absolute Gasteiger partial charge is 0.493 e. The van der Waals surface area contributed by atoms with Crippen LogP contribution >= 0.6 is 0 Å². The number of rotatable bonds is 15. The van der Waals surface area contributed by atoms with E-state index >= 15 is 0 Å². The molecule has 1 aromatic rings. The Labute approximate surface area is 308 Å². The number of nitrogens with zero attached hydrogens (tertiary/aromatic N) is 3. The summed E-state index contributed by atoms with van der Waals surface area (Å²) < 4.78 is 23.2. The van der Waals surface area contributed by atoms with Crippen molar-refractivity contribution >= 4 is 35.7 Å². The third-order valence-corrected chi connectivity index (χ3v) is 10.7. The number of ether oxygens (including phenoxy) is 4. The second-order valence-corrected chi connectivity index (χ2v) is 14.1. The molecule has 4 aliphatic rings. The minimum atomic E-state index is -1.37. The average molecular weight is 742 g/mol. The number of aliphatic imine (C=N–C) groups is 1. The lowest BCUT2D eigenvalue weighted by molar-refractivity contribution is -0.149. The molecular weight excluding hydrogens is 690 g/mol. The molecule has 0 radical (unpaired) electrons. The lowest BCUT2D eigenvalue weighted by atomic mass is 9.47. The predicted molar refractivity (Wildman–Crippen MR) is 191 cm³/mol. The van der Waals surface area contributed by atoms with Gasteiger partial charge in [-0.15, -0.1) is 0 Å². The first kappa shape index (κ1) is 39.2. The van der Waals surface area contributed by atoms with Crippen molar-refractivity contribution in [3.05, 3.63) is 35.1 Å². The summed E-state index contributed by atoms with van der Waals surface area (Å²) in [5, 5.41) is 17.6. The quantitative estimate of drug-likeness (QED) is 0.0702. The van der Waals surface area contributed by atoms with Crippen LogP contribution in [0.1, 0.15) is 63.5 Å². The van der Waals surface area contributed by atoms with Gasteiger partial charge >= 0.3 is 12.1 Å². The Bertz CT molecular complexity index is 1680. The molecule has 2 bridgehead atoms. The van der Waals surface area contributed by atoms with E-state index in [0.717, 1.165) is 33.8 Å². The zero-order valence-corrected chi connectivity index (χ0v) is 30.9. The molecule has 17 heteroatoms. The van der Waals surface area contributed by atoms with Gasteiger partial charge in [-0.3, -0.25) is 24.2 Å². The van der Waals surface area contributed by atoms with Gasteiger partial charge in [0.05, 0.1) is 31.3 Å². The summed E-state index contributed by atoms with van der Waals surface area (Å²) in [7, 11) is 4.32. The molecule has 290 valence electrons. The Morgan fingerprint density at radius 2 is 1.89 bits per heavy atom. The van der Waals surface area contributed by atoms with Gasteiger partial charge in [-0.2, -0.15) is 0 Å². The van der Waals surface area contributed by atoms with Gasteiger partial charge < -0.3 is 56.0 Å². The van der Waals surface area contributed by atoms with Crippen molar-refractivity contribution in [1.82, 2.24) is 20.4 Å². The summed E-state index contributed by atoms with van der Waals surface area (Å²) in [6.07, 6.45) is 3.83. The fourth-order valence-electron chi connectivity index (χ4n) is 8.43. The van der Waals surface area contributed by atoms with E-state index < -0.39 is 65.5 Å². The fraction of sp³-hybridized carbons (Fsp3) is 0.611. The highest BCUT2D eigenvalue weighted by molar-refractivity contribution is 5.93. The summed E-state index contributed by atoms with van der Waals surface area (Å²) in [5.41, 5.74) is 10.8. The number of guanidine groups is 1. The Kier molecular flexibility index (Phi) is 11.7. The highest BCUT2D eigenvalue weighted by Crippen LogP contribution is 2.67. The number of nitrogens with one attached hydrogen (secondary N) is 2. The van der Waals surface area contributed by atoms with Crippen molar-refractivity contribution < 1.29 is 48.0 Å². The van der Waals surface area contributed by atoms with Crippen LogP contribution in [0.25, 0.3) is 0 Å². The first-order valence-corrected chi connectivity index (χ1v) is 17.9. The first-order valence-electron chi connectivity index (χ1n) is 17.9. The van der Waals surface area contributed by atoms with Gasteiger partial charge in [-0.1, -0.05) is 12.5 Å². The van der Waals surface area contributed by atoms with Gasteiger partial charge in [0.25, 0.3) is 0 Å². The third-order valence-electron chi connectivity index (χ3n) is 10.7. The summed E-state index contributed by atoms with van der Waals surface area (Å²) in [6.45, 7) is 2.40. The standard InChI is InChI=1S/C36H51N7O10/c1-6-51-27(45)19-42(3)32(47)24(41-31(46)23(40-20(2)44)10-8-16-39-33(37)38)18-43(4)34(48)52-26-13-15-36(49)22-9-7-14-35(36)28-21(17-22)11-12-25(50-5)29(28)53-30(26)35/h11-13,22-24,30,49H,6-10,14-19H2,1-5H3,(H,40,44)(H,41,46)(H4,37,38,39)/t22-,23+,24+,30?,35+,36?/m1/s1. The average Bonchev–Trinajstić information content (AvgIpc) is 3.45. The van der Waals surface area contributed by atoms with Crippen molar-refractivity contribution in [3.8, 4) is 11.5 Å². The highest BCUT2D eigenvalue weighted by atomic mass is 16.6. The molecule has 2 unspecified atom stereocenters. The zero-order valence-electron chi connectivity index (χ0n) is 30.9. The molecule has 4 amide bonds. The van der Waals surface area contributed by atoms with Gasteiger partial charge in [-0.05, 0) is 69.1 Å². The fourth-order valence-corrected chi connectivity index (χ4v) is 8.43. The number of hydrogen-bond donors (Lipinski definition) is 5. The highest BCUT2D eigenvalue weighted by Gasteiger charge is 2.71. The van der Waals surface area contributed by atoms with E-state index in [-0.39, 0.29) is 50.2 Å². The number of aliphatic hydroxyl groups is 1. The van der Waals surface area contributed by atoms with E-state index in [0.29, 0.717) is 30.8 Å². The van der Waals surface area contributed by atoms with E-state index in [4.69, 9.17) is 30.4 Å². The van der Waals surface area contributed by atoms with Gasteiger partial charge in [0, 0.05) is 33.1 Å². The second-order valence-electron chi connectivity index (χ2n) is 14.1. The molecule has 1 fully saturated rings. The SMILES string of the molecule is CCOC(=O)CN(C)C(=O)[C@H](CN(C)C(=O)OC1=CCC2(O)[C@@H]3CCC[C@@]24c2c(ccc(OC)c2OC14)C3)NC(=O)[C@H](CCCN=C(N)N)NC(C)=O. The number of carbonyl (C=O) groups excluding carboxylic acids is 5. The number of methoxy groups -OCH3 is 1. The van der Waals surface area contributed by atoms with Crippen molar-refractivity contribution in [2.24, 2.45) is 22.4 Å². The van der Waals surface area contributed by atoms with Crippen LogP contribution in [0.15, 0.2) is 29.0 Å². The normalized spacial score (nSPS) is 24.2. The van der Waals surface area contributed by atoms with Crippen molar-refractivity contribution in [2.75, 3.05) is 47.4 Å². The monoisotopic (exact) mass is 741 g/mol. The molecule has 1 aliphatic heterocycles. The van der Waals surface area contributed by atoms with Gasteiger partial charge in [-0.25, -0.2) is 4.79 Å². The zero-order chi connectivity index (χ0) is 38.7. The van der Waals surface area contributed by atoms with E-state index in [1.165, 1.54) is 21.0 Å². The first-order chi connectivity index (χ1) is 25.2.